The standard InChI is InChI=1S/C21H40O2/c1-3-20(2)18-16-14-12-10-8-6-4-5-7-9-11-13-15-17-19-21(22)23/h7,9,20H,3-6,8,10-19H2,1-2H3,(H,22,23). The Hall–Kier alpha value is -0.790. The molecule has 0 saturated heterocycles. The molecule has 0 aromatic heterocycles. The van der Waals surface area contributed by atoms with Crippen LogP contribution in [0.3, 0.4) is 0 Å². The van der Waals surface area contributed by atoms with Crippen LogP contribution in [-0.4, -0.2) is 11.1 Å². The van der Waals surface area contributed by atoms with Crippen LogP contribution in [0.2, 0.25) is 0 Å². The fourth-order valence-electron chi connectivity index (χ4n) is 2.79. The number of hydrogen-bond acceptors (Lipinski definition) is 1. The first-order chi connectivity index (χ1) is 11.2. The average molecular weight is 325 g/mol. The van der Waals surface area contributed by atoms with Crippen molar-refractivity contribution in [3.8, 4) is 0 Å². The van der Waals surface area contributed by atoms with Crippen molar-refractivity contribution in [3.63, 3.8) is 0 Å². The molecule has 0 aromatic rings. The molecule has 0 aromatic carbocycles. The minimum atomic E-state index is -0.670. The minimum Gasteiger partial charge on any atom is -0.481 e. The summed E-state index contributed by atoms with van der Waals surface area (Å²) in [4.78, 5) is 10.4. The number of rotatable bonds is 17. The quantitative estimate of drug-likeness (QED) is 0.228. The van der Waals surface area contributed by atoms with Crippen molar-refractivity contribution in [3.05, 3.63) is 12.2 Å². The van der Waals surface area contributed by atoms with Crippen molar-refractivity contribution >= 4 is 5.97 Å². The predicted molar refractivity (Wildman–Crippen MR) is 101 cm³/mol. The van der Waals surface area contributed by atoms with E-state index in [1.165, 1.54) is 64.2 Å². The summed E-state index contributed by atoms with van der Waals surface area (Å²) in [6.07, 6.45) is 22.7. The molecular weight excluding hydrogens is 284 g/mol. The summed E-state index contributed by atoms with van der Waals surface area (Å²) in [5.41, 5.74) is 0. The molecule has 2 heteroatoms. The van der Waals surface area contributed by atoms with E-state index in [-0.39, 0.29) is 0 Å². The Bertz CT molecular complexity index is 284. The van der Waals surface area contributed by atoms with Crippen LogP contribution < -0.4 is 0 Å². The Morgan fingerprint density at radius 1 is 0.826 bits per heavy atom. The molecule has 0 aliphatic heterocycles. The van der Waals surface area contributed by atoms with Crippen molar-refractivity contribution in [2.24, 2.45) is 5.92 Å². The van der Waals surface area contributed by atoms with Crippen LogP contribution >= 0.6 is 0 Å². The molecule has 0 rings (SSSR count). The van der Waals surface area contributed by atoms with E-state index in [4.69, 9.17) is 5.11 Å². The van der Waals surface area contributed by atoms with E-state index in [1.807, 2.05) is 0 Å². The van der Waals surface area contributed by atoms with E-state index in [2.05, 4.69) is 26.0 Å². The maximum absolute atomic E-state index is 10.4. The molecule has 2 nitrogen and oxygen atoms in total. The Labute approximate surface area is 144 Å². The molecule has 1 unspecified atom stereocenters. The highest BCUT2D eigenvalue weighted by Gasteiger charge is 1.98. The third-order valence-corrected chi connectivity index (χ3v) is 4.69. The molecule has 0 spiro atoms. The predicted octanol–water partition coefficient (Wildman–Crippen LogP) is 7.13. The highest BCUT2D eigenvalue weighted by Crippen LogP contribution is 2.15. The van der Waals surface area contributed by atoms with Gasteiger partial charge in [-0.2, -0.15) is 0 Å². The monoisotopic (exact) mass is 324 g/mol. The number of unbranched alkanes of at least 4 members (excludes halogenated alkanes) is 10. The van der Waals surface area contributed by atoms with E-state index < -0.39 is 5.97 Å². The van der Waals surface area contributed by atoms with E-state index in [0.29, 0.717) is 6.42 Å². The van der Waals surface area contributed by atoms with Gasteiger partial charge >= 0.3 is 5.97 Å². The Morgan fingerprint density at radius 3 is 1.83 bits per heavy atom. The number of carboxylic acids is 1. The lowest BCUT2D eigenvalue weighted by atomic mass is 9.99. The van der Waals surface area contributed by atoms with Gasteiger partial charge < -0.3 is 5.11 Å². The van der Waals surface area contributed by atoms with E-state index in [9.17, 15) is 4.79 Å². The maximum Gasteiger partial charge on any atom is 0.303 e. The molecule has 1 atom stereocenters. The summed E-state index contributed by atoms with van der Waals surface area (Å²) in [7, 11) is 0. The van der Waals surface area contributed by atoms with Gasteiger partial charge in [0.25, 0.3) is 0 Å². The third kappa shape index (κ3) is 19.2. The van der Waals surface area contributed by atoms with Gasteiger partial charge in [-0.05, 0) is 38.0 Å². The molecule has 0 radical (unpaired) electrons. The number of carboxylic acid groups (broad SMARTS) is 1. The maximum atomic E-state index is 10.4. The van der Waals surface area contributed by atoms with Crippen LogP contribution in [0.4, 0.5) is 0 Å². The van der Waals surface area contributed by atoms with Crippen LogP contribution in [0, 0.1) is 5.92 Å². The van der Waals surface area contributed by atoms with Crippen LogP contribution in [0.5, 0.6) is 0 Å². The summed E-state index contributed by atoms with van der Waals surface area (Å²) in [6.45, 7) is 4.65. The largest absolute Gasteiger partial charge is 0.481 e. The molecule has 0 fully saturated rings. The second-order valence-electron chi connectivity index (χ2n) is 7.03. The molecule has 23 heavy (non-hydrogen) atoms. The van der Waals surface area contributed by atoms with Crippen molar-refractivity contribution in [1.82, 2.24) is 0 Å². The number of hydrogen-bond donors (Lipinski definition) is 1. The highest BCUT2D eigenvalue weighted by molar-refractivity contribution is 5.66. The van der Waals surface area contributed by atoms with Gasteiger partial charge in [-0.3, -0.25) is 4.79 Å². The minimum absolute atomic E-state index is 0.321. The van der Waals surface area contributed by atoms with E-state index >= 15 is 0 Å². The molecule has 0 amide bonds. The molecule has 1 N–H and O–H groups in total. The SMILES string of the molecule is CCC(C)CCCCCCCCCC=CCCCCCC(=O)O. The molecule has 0 bridgehead atoms. The summed E-state index contributed by atoms with van der Waals surface area (Å²) in [5.74, 6) is 0.245. The normalized spacial score (nSPS) is 12.8. The lowest BCUT2D eigenvalue weighted by Gasteiger charge is -2.07. The number of carbonyl (C=O) groups is 1. The van der Waals surface area contributed by atoms with Crippen molar-refractivity contribution < 1.29 is 9.90 Å². The van der Waals surface area contributed by atoms with Gasteiger partial charge in [0.05, 0.1) is 0 Å². The van der Waals surface area contributed by atoms with Gasteiger partial charge in [0.15, 0.2) is 0 Å². The van der Waals surface area contributed by atoms with Crippen LogP contribution in [0.15, 0.2) is 12.2 Å². The highest BCUT2D eigenvalue weighted by atomic mass is 16.4. The van der Waals surface area contributed by atoms with Gasteiger partial charge in [0.2, 0.25) is 0 Å². The van der Waals surface area contributed by atoms with E-state index in [1.54, 1.807) is 0 Å². The Kier molecular flexibility index (Phi) is 17.0. The summed E-state index contributed by atoms with van der Waals surface area (Å²) in [5, 5.41) is 8.54. The first-order valence-corrected chi connectivity index (χ1v) is 10.0. The average Bonchev–Trinajstić information content (AvgIpc) is 2.53. The fourth-order valence-corrected chi connectivity index (χ4v) is 2.79. The Balaban J connectivity index is 3.12. The molecule has 0 aliphatic rings. The van der Waals surface area contributed by atoms with Crippen LogP contribution in [-0.2, 0) is 4.79 Å². The molecular formula is C21H40O2. The summed E-state index contributed by atoms with van der Waals surface area (Å²) in [6, 6.07) is 0. The first-order valence-electron chi connectivity index (χ1n) is 10.0. The smallest absolute Gasteiger partial charge is 0.303 e. The Morgan fingerprint density at radius 2 is 1.30 bits per heavy atom. The van der Waals surface area contributed by atoms with Crippen molar-refractivity contribution in [2.75, 3.05) is 0 Å². The van der Waals surface area contributed by atoms with Gasteiger partial charge in [-0.15, -0.1) is 0 Å². The molecule has 0 saturated carbocycles. The molecule has 136 valence electrons. The van der Waals surface area contributed by atoms with Gasteiger partial charge in [-0.25, -0.2) is 0 Å². The summed E-state index contributed by atoms with van der Waals surface area (Å²) >= 11 is 0. The van der Waals surface area contributed by atoms with Gasteiger partial charge in [-0.1, -0.05) is 83.8 Å². The van der Waals surface area contributed by atoms with Crippen LogP contribution in [0.1, 0.15) is 110 Å². The summed E-state index contributed by atoms with van der Waals surface area (Å²) < 4.78 is 0. The second kappa shape index (κ2) is 17.6. The zero-order chi connectivity index (χ0) is 17.2. The van der Waals surface area contributed by atoms with Gasteiger partial charge in [0, 0.05) is 6.42 Å². The molecule has 0 heterocycles. The lowest BCUT2D eigenvalue weighted by Crippen LogP contribution is -1.93. The fraction of sp³-hybridized carbons (Fsp3) is 0.857. The topological polar surface area (TPSA) is 37.3 Å². The number of aliphatic carboxylic acids is 1. The third-order valence-electron chi connectivity index (χ3n) is 4.69. The van der Waals surface area contributed by atoms with Crippen molar-refractivity contribution in [1.29, 1.82) is 0 Å². The van der Waals surface area contributed by atoms with Crippen molar-refractivity contribution in [2.45, 2.75) is 110 Å². The second-order valence-corrected chi connectivity index (χ2v) is 7.03. The zero-order valence-corrected chi connectivity index (χ0v) is 15.7. The van der Waals surface area contributed by atoms with E-state index in [0.717, 1.165) is 31.6 Å². The van der Waals surface area contributed by atoms with Crippen LogP contribution in [0.25, 0.3) is 0 Å². The first kappa shape index (κ1) is 22.2. The van der Waals surface area contributed by atoms with Gasteiger partial charge in [0.1, 0.15) is 0 Å². The number of allylic oxidation sites excluding steroid dienone is 2. The zero-order valence-electron chi connectivity index (χ0n) is 15.7. The molecule has 0 aliphatic carbocycles. The lowest BCUT2D eigenvalue weighted by molar-refractivity contribution is -0.137.